The van der Waals surface area contributed by atoms with E-state index in [1.165, 1.54) is 19.3 Å². The molecule has 1 spiro atoms. The highest BCUT2D eigenvalue weighted by molar-refractivity contribution is 5.94. The fraction of sp³-hybridized carbons (Fsp3) is 0.682. The second-order valence-corrected chi connectivity index (χ2v) is 8.92. The molecule has 3 aliphatic rings. The number of aryl methyl sites for hydroxylation is 1. The van der Waals surface area contributed by atoms with Crippen molar-refractivity contribution in [2.24, 2.45) is 11.3 Å². The third kappa shape index (κ3) is 3.96. The Morgan fingerprint density at radius 2 is 2.00 bits per heavy atom. The summed E-state index contributed by atoms with van der Waals surface area (Å²) in [5, 5.41) is 0. The Labute approximate surface area is 157 Å². The van der Waals surface area contributed by atoms with Gasteiger partial charge in [-0.2, -0.15) is 0 Å². The number of likely N-dealkylation sites (N-methyl/N-ethyl adjacent to an activating group) is 1. The summed E-state index contributed by atoms with van der Waals surface area (Å²) in [4.78, 5) is 17.3. The van der Waals surface area contributed by atoms with Crippen LogP contribution in [0, 0.1) is 18.3 Å². The van der Waals surface area contributed by atoms with E-state index in [0.29, 0.717) is 11.5 Å². The Morgan fingerprint density at radius 1 is 1.23 bits per heavy atom. The number of rotatable bonds is 5. The average Bonchev–Trinajstić information content (AvgIpc) is 3.40. The van der Waals surface area contributed by atoms with E-state index in [1.54, 1.807) is 0 Å². The zero-order chi connectivity index (χ0) is 18.1. The minimum Gasteiger partial charge on any atom is -0.380 e. The van der Waals surface area contributed by atoms with Crippen LogP contribution in [0.25, 0.3) is 0 Å². The molecule has 4 rings (SSSR count). The van der Waals surface area contributed by atoms with Crippen LogP contribution in [0.5, 0.6) is 0 Å². The monoisotopic (exact) mass is 356 g/mol. The van der Waals surface area contributed by atoms with Crippen LogP contribution in [0.2, 0.25) is 0 Å². The molecule has 0 radical (unpaired) electrons. The van der Waals surface area contributed by atoms with E-state index < -0.39 is 0 Å². The lowest BCUT2D eigenvalue weighted by Gasteiger charge is -2.39. The highest BCUT2D eigenvalue weighted by atomic mass is 16.5. The summed E-state index contributed by atoms with van der Waals surface area (Å²) in [6, 6.07) is 8.51. The molecular formula is C22H32N2O2. The third-order valence-corrected chi connectivity index (χ3v) is 6.61. The van der Waals surface area contributed by atoms with Gasteiger partial charge in [0.25, 0.3) is 5.91 Å². The molecule has 4 nitrogen and oxygen atoms in total. The fourth-order valence-electron chi connectivity index (χ4n) is 4.73. The Balaban J connectivity index is 1.30. The number of piperidine rings is 1. The number of benzene rings is 1. The summed E-state index contributed by atoms with van der Waals surface area (Å²) in [5.74, 6) is 1.03. The molecule has 1 saturated carbocycles. The van der Waals surface area contributed by atoms with Crippen LogP contribution < -0.4 is 0 Å². The van der Waals surface area contributed by atoms with Crippen LogP contribution in [0.15, 0.2) is 24.3 Å². The molecule has 0 unspecified atom stereocenters. The smallest absolute Gasteiger partial charge is 0.253 e. The molecule has 1 aromatic rings. The van der Waals surface area contributed by atoms with E-state index in [9.17, 15) is 4.79 Å². The number of likely N-dealkylation sites (tertiary alicyclic amines) is 2. The first kappa shape index (κ1) is 18.0. The van der Waals surface area contributed by atoms with Crippen molar-refractivity contribution in [1.82, 2.24) is 9.80 Å². The van der Waals surface area contributed by atoms with Gasteiger partial charge in [0.1, 0.15) is 0 Å². The van der Waals surface area contributed by atoms with Crippen molar-refractivity contribution in [1.29, 1.82) is 0 Å². The molecule has 0 bridgehead atoms. The van der Waals surface area contributed by atoms with Crippen LogP contribution in [0.1, 0.15) is 48.0 Å². The van der Waals surface area contributed by atoms with Crippen LogP contribution in [0.3, 0.4) is 0 Å². The topological polar surface area (TPSA) is 32.8 Å². The van der Waals surface area contributed by atoms with Gasteiger partial charge in [-0.3, -0.25) is 4.79 Å². The molecule has 4 heteroatoms. The summed E-state index contributed by atoms with van der Waals surface area (Å²) in [6.45, 7) is 6.79. The maximum absolute atomic E-state index is 12.8. The van der Waals surface area contributed by atoms with E-state index in [0.717, 1.165) is 62.7 Å². The Hall–Kier alpha value is -1.39. The van der Waals surface area contributed by atoms with Crippen LogP contribution >= 0.6 is 0 Å². The molecule has 2 aliphatic heterocycles. The van der Waals surface area contributed by atoms with Gasteiger partial charge in [-0.05, 0) is 69.5 Å². The summed E-state index contributed by atoms with van der Waals surface area (Å²) >= 11 is 0. The lowest BCUT2D eigenvalue weighted by atomic mass is 9.76. The lowest BCUT2D eigenvalue weighted by molar-refractivity contribution is 0.0588. The van der Waals surface area contributed by atoms with E-state index in [4.69, 9.17) is 4.74 Å². The highest BCUT2D eigenvalue weighted by Gasteiger charge is 2.44. The van der Waals surface area contributed by atoms with E-state index >= 15 is 0 Å². The Bertz CT molecular complexity index is 647. The van der Waals surface area contributed by atoms with Crippen molar-refractivity contribution in [3.63, 3.8) is 0 Å². The zero-order valence-corrected chi connectivity index (χ0v) is 16.2. The SMILES string of the molecule is Cc1cccc(C(=O)N2CCC3(CC2)C[C@@H](COCC2CC2)N(C)C3)c1. The van der Waals surface area contributed by atoms with Gasteiger partial charge < -0.3 is 14.5 Å². The number of hydrogen-bond donors (Lipinski definition) is 0. The number of hydrogen-bond acceptors (Lipinski definition) is 3. The van der Waals surface area contributed by atoms with Gasteiger partial charge in [0.05, 0.1) is 6.61 Å². The van der Waals surface area contributed by atoms with E-state index in [2.05, 4.69) is 16.8 Å². The van der Waals surface area contributed by atoms with Gasteiger partial charge in [0, 0.05) is 37.8 Å². The van der Waals surface area contributed by atoms with E-state index in [-0.39, 0.29) is 5.91 Å². The lowest BCUT2D eigenvalue weighted by Crippen LogP contribution is -2.44. The van der Waals surface area contributed by atoms with Gasteiger partial charge in [0.15, 0.2) is 0 Å². The molecule has 2 heterocycles. The predicted octanol–water partition coefficient (Wildman–Crippen LogP) is 3.35. The molecule has 142 valence electrons. The second kappa shape index (κ2) is 7.32. The summed E-state index contributed by atoms with van der Waals surface area (Å²) in [5.41, 5.74) is 2.36. The maximum Gasteiger partial charge on any atom is 0.253 e. The van der Waals surface area contributed by atoms with Crippen molar-refractivity contribution < 1.29 is 9.53 Å². The Kier molecular flexibility index (Phi) is 5.07. The van der Waals surface area contributed by atoms with Crippen molar-refractivity contribution in [2.75, 3.05) is 39.9 Å². The first-order chi connectivity index (χ1) is 12.5. The van der Waals surface area contributed by atoms with E-state index in [1.807, 2.05) is 31.2 Å². The van der Waals surface area contributed by atoms with Gasteiger partial charge in [-0.25, -0.2) is 0 Å². The second-order valence-electron chi connectivity index (χ2n) is 8.92. The minimum absolute atomic E-state index is 0.194. The molecular weight excluding hydrogens is 324 g/mol. The quantitative estimate of drug-likeness (QED) is 0.811. The van der Waals surface area contributed by atoms with Crippen LogP contribution in [-0.2, 0) is 4.74 Å². The fourth-order valence-corrected chi connectivity index (χ4v) is 4.73. The number of nitrogens with zero attached hydrogens (tertiary/aromatic N) is 2. The molecule has 1 atom stereocenters. The first-order valence-corrected chi connectivity index (χ1v) is 10.2. The normalized spacial score (nSPS) is 25.8. The standard InChI is InChI=1S/C22H32N2O2/c1-17-4-3-5-19(12-17)21(25)24-10-8-22(9-11-24)13-20(23(2)16-22)15-26-14-18-6-7-18/h3-5,12,18,20H,6-11,13-16H2,1-2H3/t20-/m0/s1. The van der Waals surface area contributed by atoms with Gasteiger partial charge in [0.2, 0.25) is 0 Å². The van der Waals surface area contributed by atoms with Gasteiger partial charge in [-0.1, -0.05) is 17.7 Å². The molecule has 2 saturated heterocycles. The largest absolute Gasteiger partial charge is 0.380 e. The molecule has 1 amide bonds. The molecule has 0 N–H and O–H groups in total. The molecule has 26 heavy (non-hydrogen) atoms. The number of ether oxygens (including phenoxy) is 1. The minimum atomic E-state index is 0.194. The number of carbonyl (C=O) groups is 1. The molecule has 0 aromatic heterocycles. The van der Waals surface area contributed by atoms with Crippen LogP contribution in [0.4, 0.5) is 0 Å². The highest BCUT2D eigenvalue weighted by Crippen LogP contribution is 2.43. The van der Waals surface area contributed by atoms with Crippen molar-refractivity contribution in [3.8, 4) is 0 Å². The van der Waals surface area contributed by atoms with Crippen molar-refractivity contribution in [2.45, 2.75) is 45.1 Å². The number of amides is 1. The summed E-state index contributed by atoms with van der Waals surface area (Å²) < 4.78 is 5.97. The molecule has 1 aliphatic carbocycles. The van der Waals surface area contributed by atoms with Gasteiger partial charge >= 0.3 is 0 Å². The zero-order valence-electron chi connectivity index (χ0n) is 16.2. The van der Waals surface area contributed by atoms with Crippen molar-refractivity contribution >= 4 is 5.91 Å². The number of carbonyl (C=O) groups excluding carboxylic acids is 1. The summed E-state index contributed by atoms with van der Waals surface area (Å²) in [7, 11) is 2.24. The third-order valence-electron chi connectivity index (χ3n) is 6.61. The predicted molar refractivity (Wildman–Crippen MR) is 103 cm³/mol. The maximum atomic E-state index is 12.8. The average molecular weight is 357 g/mol. The Morgan fingerprint density at radius 3 is 2.69 bits per heavy atom. The van der Waals surface area contributed by atoms with Crippen LogP contribution in [-0.4, -0.2) is 61.6 Å². The summed E-state index contributed by atoms with van der Waals surface area (Å²) in [6.07, 6.45) is 6.17. The molecule has 3 fully saturated rings. The molecule has 1 aromatic carbocycles. The van der Waals surface area contributed by atoms with Crippen molar-refractivity contribution in [3.05, 3.63) is 35.4 Å². The first-order valence-electron chi connectivity index (χ1n) is 10.2. The van der Waals surface area contributed by atoms with Gasteiger partial charge in [-0.15, -0.1) is 0 Å².